The van der Waals surface area contributed by atoms with Gasteiger partial charge in [0.2, 0.25) is 11.8 Å². The third-order valence-corrected chi connectivity index (χ3v) is 12.0. The standard InChI is InChI=1S/C25H24N4O.C23H22N6O/c30-25(13-18-15-26-22-4-2-1-3-21(18)22)27-19-9-11-20(12-10-19)29-24(17-7-8-17)14-23(28-29)16-5-6-16;30-23(14-28-21-4-2-1-3-19(21)25-27-28)24-17-9-11-18(12-10-17)29-22(16-7-8-16)13-20(26-29)15-5-6-15/h1-4,9-12,14-17,26H,5-8,13H2,(H,27,30);1-4,9-13,15-16H,5-8,14H2,(H,24,30). The van der Waals surface area contributed by atoms with Crippen molar-refractivity contribution in [3.63, 3.8) is 0 Å². The molecule has 4 heterocycles. The van der Waals surface area contributed by atoms with Gasteiger partial charge in [-0.15, -0.1) is 5.10 Å². The molecule has 300 valence electrons. The summed E-state index contributed by atoms with van der Waals surface area (Å²) in [5, 5.41) is 25.0. The molecule has 0 aliphatic heterocycles. The fraction of sp³-hybridized carbons (Fsp3) is 0.292. The molecule has 4 saturated carbocycles. The summed E-state index contributed by atoms with van der Waals surface area (Å²) in [5.41, 5.74) is 12.5. The molecule has 4 aliphatic carbocycles. The van der Waals surface area contributed by atoms with E-state index in [0.717, 1.165) is 50.2 Å². The van der Waals surface area contributed by atoms with Crippen LogP contribution >= 0.6 is 0 Å². The Morgan fingerprint density at radius 2 is 1.15 bits per heavy atom. The lowest BCUT2D eigenvalue weighted by molar-refractivity contribution is -0.117. The molecule has 0 unspecified atom stereocenters. The minimum absolute atomic E-state index is 0.0127. The van der Waals surface area contributed by atoms with Crippen molar-refractivity contribution in [1.29, 1.82) is 0 Å². The number of hydrogen-bond acceptors (Lipinski definition) is 6. The average Bonchev–Trinajstić information content (AvgIpc) is 4.09. The van der Waals surface area contributed by atoms with E-state index < -0.39 is 0 Å². The molecule has 0 bridgehead atoms. The zero-order valence-corrected chi connectivity index (χ0v) is 33.3. The summed E-state index contributed by atoms with van der Waals surface area (Å²) in [5.74, 6) is 2.46. The van der Waals surface area contributed by atoms with Crippen LogP contribution in [0, 0.1) is 0 Å². The van der Waals surface area contributed by atoms with E-state index in [9.17, 15) is 9.59 Å². The van der Waals surface area contributed by atoms with Gasteiger partial charge in [-0.3, -0.25) is 9.59 Å². The van der Waals surface area contributed by atoms with Crippen LogP contribution in [0.1, 0.15) is 103 Å². The largest absolute Gasteiger partial charge is 0.361 e. The zero-order valence-electron chi connectivity index (χ0n) is 33.3. The quantitative estimate of drug-likeness (QED) is 0.113. The molecule has 12 nitrogen and oxygen atoms in total. The predicted octanol–water partition coefficient (Wildman–Crippen LogP) is 9.30. The number of anilines is 2. The minimum Gasteiger partial charge on any atom is -0.361 e. The van der Waals surface area contributed by atoms with Crippen LogP contribution in [0.2, 0.25) is 0 Å². The highest BCUT2D eigenvalue weighted by molar-refractivity contribution is 5.96. The second-order valence-corrected chi connectivity index (χ2v) is 16.9. The van der Waals surface area contributed by atoms with E-state index >= 15 is 0 Å². The lowest BCUT2D eigenvalue weighted by Gasteiger charge is -2.09. The maximum atomic E-state index is 12.6. The van der Waals surface area contributed by atoms with Crippen molar-refractivity contribution in [3.8, 4) is 11.4 Å². The van der Waals surface area contributed by atoms with E-state index in [4.69, 9.17) is 10.2 Å². The summed E-state index contributed by atoms with van der Waals surface area (Å²) in [4.78, 5) is 28.3. The predicted molar refractivity (Wildman–Crippen MR) is 232 cm³/mol. The minimum atomic E-state index is -0.132. The van der Waals surface area contributed by atoms with Crippen LogP contribution in [-0.4, -0.2) is 51.4 Å². The van der Waals surface area contributed by atoms with Crippen LogP contribution in [-0.2, 0) is 22.6 Å². The van der Waals surface area contributed by atoms with E-state index in [1.807, 2.05) is 91.1 Å². The Balaban J connectivity index is 0.000000136. The van der Waals surface area contributed by atoms with E-state index in [-0.39, 0.29) is 18.4 Å². The number of H-pyrrole nitrogens is 1. The summed E-state index contributed by atoms with van der Waals surface area (Å²) in [6, 6.07) is 36.2. The van der Waals surface area contributed by atoms with Crippen molar-refractivity contribution in [3.05, 3.63) is 144 Å². The Morgan fingerprint density at radius 1 is 0.617 bits per heavy atom. The number of nitrogens with one attached hydrogen (secondary N) is 3. The summed E-state index contributed by atoms with van der Waals surface area (Å²) >= 11 is 0. The maximum Gasteiger partial charge on any atom is 0.246 e. The zero-order chi connectivity index (χ0) is 40.2. The maximum absolute atomic E-state index is 12.6. The number of rotatable bonds is 12. The number of carbonyl (C=O) groups excluding carboxylic acids is 2. The van der Waals surface area contributed by atoms with Crippen molar-refractivity contribution >= 4 is 45.1 Å². The molecule has 3 N–H and O–H groups in total. The molecular weight excluding hydrogens is 749 g/mol. The highest BCUT2D eigenvalue weighted by atomic mass is 16.2. The Hall–Kier alpha value is -6.82. The highest BCUT2D eigenvalue weighted by Crippen LogP contribution is 2.46. The van der Waals surface area contributed by atoms with Crippen molar-refractivity contribution in [2.24, 2.45) is 0 Å². The summed E-state index contributed by atoms with van der Waals surface area (Å²) < 4.78 is 5.82. The second kappa shape index (κ2) is 15.1. The van der Waals surface area contributed by atoms with Crippen molar-refractivity contribution in [2.75, 3.05) is 10.6 Å². The number of hydrogen-bond donors (Lipinski definition) is 3. The van der Waals surface area contributed by atoms with Gasteiger partial charge in [0.1, 0.15) is 12.1 Å². The summed E-state index contributed by atoms with van der Waals surface area (Å²) in [7, 11) is 0. The van der Waals surface area contributed by atoms with Crippen molar-refractivity contribution in [2.45, 2.75) is 88.0 Å². The number of para-hydroxylation sites is 2. The van der Waals surface area contributed by atoms with Gasteiger partial charge >= 0.3 is 0 Å². The fourth-order valence-electron chi connectivity index (χ4n) is 8.14. The van der Waals surface area contributed by atoms with Crippen LogP contribution in [0.5, 0.6) is 0 Å². The topological polar surface area (TPSA) is 140 Å². The Labute approximate surface area is 347 Å². The van der Waals surface area contributed by atoms with Gasteiger partial charge in [-0.25, -0.2) is 14.0 Å². The Kier molecular flexibility index (Phi) is 9.12. The van der Waals surface area contributed by atoms with Gasteiger partial charge in [0.25, 0.3) is 0 Å². The molecule has 8 aromatic rings. The number of carbonyl (C=O) groups is 2. The van der Waals surface area contributed by atoms with Gasteiger partial charge in [-0.05, 0) is 136 Å². The smallest absolute Gasteiger partial charge is 0.246 e. The molecule has 2 amide bonds. The van der Waals surface area contributed by atoms with Crippen LogP contribution < -0.4 is 10.6 Å². The lowest BCUT2D eigenvalue weighted by Crippen LogP contribution is -2.19. The first-order valence-electron chi connectivity index (χ1n) is 21.3. The molecule has 4 aliphatic rings. The number of fused-ring (bicyclic) bond motifs is 2. The van der Waals surface area contributed by atoms with E-state index in [2.05, 4.69) is 59.6 Å². The van der Waals surface area contributed by atoms with E-state index in [1.54, 1.807) is 4.68 Å². The number of amides is 2. The van der Waals surface area contributed by atoms with Crippen molar-refractivity contribution in [1.82, 2.24) is 39.5 Å². The molecule has 12 rings (SSSR count). The third kappa shape index (κ3) is 7.72. The highest BCUT2D eigenvalue weighted by Gasteiger charge is 2.34. The van der Waals surface area contributed by atoms with Crippen LogP contribution in [0.25, 0.3) is 33.3 Å². The molecule has 0 radical (unpaired) electrons. The summed E-state index contributed by atoms with van der Waals surface area (Å²) in [6.07, 6.45) is 12.3. The average molecular weight is 795 g/mol. The Bertz CT molecular complexity index is 2650. The Morgan fingerprint density at radius 3 is 1.73 bits per heavy atom. The van der Waals surface area contributed by atoms with Gasteiger partial charge in [0.15, 0.2) is 0 Å². The molecule has 4 aromatic heterocycles. The number of aromatic amines is 1. The first-order valence-corrected chi connectivity index (χ1v) is 21.3. The molecule has 4 aromatic carbocycles. The fourth-order valence-corrected chi connectivity index (χ4v) is 8.14. The molecule has 12 heteroatoms. The lowest BCUT2D eigenvalue weighted by atomic mass is 10.1. The normalized spacial score (nSPS) is 16.1. The second-order valence-electron chi connectivity index (χ2n) is 16.9. The third-order valence-electron chi connectivity index (χ3n) is 12.0. The molecule has 60 heavy (non-hydrogen) atoms. The van der Waals surface area contributed by atoms with E-state index in [1.165, 1.54) is 74.1 Å². The van der Waals surface area contributed by atoms with Gasteiger partial charge in [-0.1, -0.05) is 35.5 Å². The monoisotopic (exact) mass is 794 g/mol. The molecule has 0 spiro atoms. The number of nitrogens with zero attached hydrogens (tertiary/aromatic N) is 7. The summed E-state index contributed by atoms with van der Waals surface area (Å²) in [6.45, 7) is 0.123. The molecule has 4 fully saturated rings. The van der Waals surface area contributed by atoms with Crippen LogP contribution in [0.4, 0.5) is 11.4 Å². The number of aromatic nitrogens is 8. The van der Waals surface area contributed by atoms with Gasteiger partial charge in [0.05, 0.1) is 34.7 Å². The SMILES string of the molecule is O=C(Cc1c[nH]c2ccccc12)Nc1ccc(-n2nc(C3CC3)cc2C2CC2)cc1.O=C(Cn1nnc2ccccc21)Nc1ccc(-n2nc(C3CC3)cc2C2CC2)cc1. The first-order chi connectivity index (χ1) is 29.5. The molecule has 0 saturated heterocycles. The van der Waals surface area contributed by atoms with Crippen molar-refractivity contribution < 1.29 is 9.59 Å². The van der Waals surface area contributed by atoms with Gasteiger partial charge < -0.3 is 15.6 Å². The molecule has 0 atom stereocenters. The van der Waals surface area contributed by atoms with E-state index in [0.29, 0.717) is 30.1 Å². The van der Waals surface area contributed by atoms with Crippen LogP contribution in [0.15, 0.2) is 115 Å². The van der Waals surface area contributed by atoms with Crippen LogP contribution in [0.3, 0.4) is 0 Å². The van der Waals surface area contributed by atoms with Gasteiger partial charge in [0, 0.05) is 63.5 Å². The number of benzene rings is 4. The molecular formula is C48H46N10O2. The first kappa shape index (κ1) is 36.3. The van der Waals surface area contributed by atoms with Gasteiger partial charge in [-0.2, -0.15) is 10.2 Å².